The number of halogens is 1. The molecule has 0 radical (unpaired) electrons. The van der Waals surface area contributed by atoms with E-state index in [1.807, 2.05) is 6.20 Å². The Balaban J connectivity index is 2.07. The van der Waals surface area contributed by atoms with Gasteiger partial charge in [0.1, 0.15) is 5.82 Å². The van der Waals surface area contributed by atoms with Crippen molar-refractivity contribution >= 4 is 21.7 Å². The number of hydrogen-bond donors (Lipinski definition) is 1. The van der Waals surface area contributed by atoms with E-state index in [1.54, 1.807) is 0 Å². The Labute approximate surface area is 130 Å². The zero-order valence-electron chi connectivity index (χ0n) is 12.5. The maximum atomic E-state index is 5.71. The lowest BCUT2D eigenvalue weighted by Crippen LogP contribution is -2.31. The molecule has 1 N–H and O–H groups in total. The molecular formula is C15H24BrN3O. The fourth-order valence-electron chi connectivity index (χ4n) is 2.44. The summed E-state index contributed by atoms with van der Waals surface area (Å²) in [6, 6.07) is 2.61. The Morgan fingerprint density at radius 2 is 2.35 bits per heavy atom. The smallest absolute Gasteiger partial charge is 0.132 e. The number of hydrogen-bond acceptors (Lipinski definition) is 4. The SMILES string of the molecule is CC(C)NCc1cc(Br)cnc1N(C)CC1CCCO1. The van der Waals surface area contributed by atoms with Crippen molar-refractivity contribution in [3.8, 4) is 0 Å². The van der Waals surface area contributed by atoms with Gasteiger partial charge in [-0.05, 0) is 34.8 Å². The molecule has 1 aromatic rings. The number of aromatic nitrogens is 1. The van der Waals surface area contributed by atoms with Crippen molar-refractivity contribution in [1.29, 1.82) is 0 Å². The summed E-state index contributed by atoms with van der Waals surface area (Å²) < 4.78 is 6.73. The van der Waals surface area contributed by atoms with Gasteiger partial charge in [-0.3, -0.25) is 0 Å². The third-order valence-corrected chi connectivity index (χ3v) is 3.91. The maximum absolute atomic E-state index is 5.71. The van der Waals surface area contributed by atoms with Crippen LogP contribution in [0.3, 0.4) is 0 Å². The molecule has 2 heterocycles. The highest BCUT2D eigenvalue weighted by Crippen LogP contribution is 2.23. The Morgan fingerprint density at radius 3 is 3.00 bits per heavy atom. The lowest BCUT2D eigenvalue weighted by atomic mass is 10.2. The van der Waals surface area contributed by atoms with Gasteiger partial charge in [-0.15, -0.1) is 0 Å². The van der Waals surface area contributed by atoms with Gasteiger partial charge in [0.2, 0.25) is 0 Å². The molecule has 1 aliphatic heterocycles. The minimum Gasteiger partial charge on any atom is -0.376 e. The summed E-state index contributed by atoms with van der Waals surface area (Å²) in [5, 5.41) is 3.46. The molecule has 20 heavy (non-hydrogen) atoms. The Morgan fingerprint density at radius 1 is 1.55 bits per heavy atom. The molecule has 2 rings (SSSR count). The Hall–Kier alpha value is -0.650. The fourth-order valence-corrected chi connectivity index (χ4v) is 2.82. The van der Waals surface area contributed by atoms with Gasteiger partial charge in [-0.25, -0.2) is 4.98 Å². The van der Waals surface area contributed by atoms with Gasteiger partial charge < -0.3 is 15.0 Å². The summed E-state index contributed by atoms with van der Waals surface area (Å²) in [7, 11) is 2.09. The normalized spacial score (nSPS) is 18.8. The minimum absolute atomic E-state index is 0.344. The van der Waals surface area contributed by atoms with Crippen molar-refractivity contribution in [2.75, 3.05) is 25.1 Å². The molecule has 112 valence electrons. The van der Waals surface area contributed by atoms with E-state index in [1.165, 1.54) is 12.0 Å². The van der Waals surface area contributed by atoms with Crippen LogP contribution in [0.4, 0.5) is 5.82 Å². The van der Waals surface area contributed by atoms with E-state index in [4.69, 9.17) is 4.74 Å². The third-order valence-electron chi connectivity index (χ3n) is 3.47. The van der Waals surface area contributed by atoms with Gasteiger partial charge in [-0.2, -0.15) is 0 Å². The molecule has 1 atom stereocenters. The highest BCUT2D eigenvalue weighted by atomic mass is 79.9. The van der Waals surface area contributed by atoms with Crippen LogP contribution in [0, 0.1) is 0 Å². The number of pyridine rings is 1. The van der Waals surface area contributed by atoms with E-state index in [-0.39, 0.29) is 0 Å². The lowest BCUT2D eigenvalue weighted by molar-refractivity contribution is 0.116. The molecule has 5 heteroatoms. The largest absolute Gasteiger partial charge is 0.376 e. The molecule has 0 aliphatic carbocycles. The van der Waals surface area contributed by atoms with Crippen LogP contribution in [0.2, 0.25) is 0 Å². The summed E-state index contributed by atoms with van der Waals surface area (Å²) in [5.74, 6) is 1.04. The van der Waals surface area contributed by atoms with Crippen molar-refractivity contribution in [1.82, 2.24) is 10.3 Å². The third kappa shape index (κ3) is 4.43. The molecule has 1 aromatic heterocycles. The monoisotopic (exact) mass is 341 g/mol. The van der Waals surface area contributed by atoms with Gasteiger partial charge in [0.05, 0.1) is 6.10 Å². The molecular weight excluding hydrogens is 318 g/mol. The Bertz CT molecular complexity index is 433. The Kier molecular flexibility index (Phi) is 5.81. The number of likely N-dealkylation sites (N-methyl/N-ethyl adjacent to an activating group) is 1. The van der Waals surface area contributed by atoms with Crippen LogP contribution in [0.1, 0.15) is 32.3 Å². The van der Waals surface area contributed by atoms with Crippen molar-refractivity contribution in [3.05, 3.63) is 22.3 Å². The standard InChI is InChI=1S/C15H24BrN3O/c1-11(2)17-8-12-7-13(16)9-18-15(12)19(3)10-14-5-4-6-20-14/h7,9,11,14,17H,4-6,8,10H2,1-3H3. The van der Waals surface area contributed by atoms with Crippen LogP contribution in [-0.4, -0.2) is 37.3 Å². The number of nitrogens with zero attached hydrogens (tertiary/aromatic N) is 2. The van der Waals surface area contributed by atoms with Crippen LogP contribution >= 0.6 is 15.9 Å². The average Bonchev–Trinajstić information content (AvgIpc) is 2.89. The predicted octanol–water partition coefficient (Wildman–Crippen LogP) is 2.96. The van der Waals surface area contributed by atoms with E-state index < -0.39 is 0 Å². The van der Waals surface area contributed by atoms with Crippen molar-refractivity contribution in [2.45, 2.75) is 45.4 Å². The maximum Gasteiger partial charge on any atom is 0.132 e. The molecule has 1 saturated heterocycles. The van der Waals surface area contributed by atoms with Crippen molar-refractivity contribution < 1.29 is 4.74 Å². The summed E-state index contributed by atoms with van der Waals surface area (Å²) in [6.07, 6.45) is 4.53. The van der Waals surface area contributed by atoms with Crippen LogP contribution in [-0.2, 0) is 11.3 Å². The van der Waals surface area contributed by atoms with Gasteiger partial charge in [0.25, 0.3) is 0 Å². The first-order valence-electron chi connectivity index (χ1n) is 7.27. The second kappa shape index (κ2) is 7.38. The van der Waals surface area contributed by atoms with Gasteiger partial charge in [0.15, 0.2) is 0 Å². The quantitative estimate of drug-likeness (QED) is 0.863. The molecule has 1 unspecified atom stereocenters. The molecule has 0 saturated carbocycles. The minimum atomic E-state index is 0.344. The first kappa shape index (κ1) is 15.7. The fraction of sp³-hybridized carbons (Fsp3) is 0.667. The zero-order chi connectivity index (χ0) is 14.5. The van der Waals surface area contributed by atoms with Crippen LogP contribution in [0.15, 0.2) is 16.7 Å². The lowest BCUT2D eigenvalue weighted by Gasteiger charge is -2.24. The second-order valence-electron chi connectivity index (χ2n) is 5.69. The van der Waals surface area contributed by atoms with E-state index >= 15 is 0 Å². The molecule has 1 aliphatic rings. The predicted molar refractivity (Wildman–Crippen MR) is 86.2 cm³/mol. The highest BCUT2D eigenvalue weighted by molar-refractivity contribution is 9.10. The van der Waals surface area contributed by atoms with E-state index in [9.17, 15) is 0 Å². The first-order chi connectivity index (χ1) is 9.56. The van der Waals surface area contributed by atoms with Crippen molar-refractivity contribution in [3.63, 3.8) is 0 Å². The summed E-state index contributed by atoms with van der Waals surface area (Å²) in [5.41, 5.74) is 1.22. The van der Waals surface area contributed by atoms with Crippen LogP contribution in [0.25, 0.3) is 0 Å². The van der Waals surface area contributed by atoms with E-state index in [0.717, 1.165) is 36.4 Å². The van der Waals surface area contributed by atoms with E-state index in [0.29, 0.717) is 12.1 Å². The molecule has 0 amide bonds. The van der Waals surface area contributed by atoms with Gasteiger partial charge in [-0.1, -0.05) is 13.8 Å². The van der Waals surface area contributed by atoms with Crippen LogP contribution < -0.4 is 10.2 Å². The van der Waals surface area contributed by atoms with Gasteiger partial charge in [0, 0.05) is 49.0 Å². The van der Waals surface area contributed by atoms with Crippen molar-refractivity contribution in [2.24, 2.45) is 0 Å². The number of nitrogens with one attached hydrogen (secondary N) is 1. The highest BCUT2D eigenvalue weighted by Gasteiger charge is 2.19. The van der Waals surface area contributed by atoms with E-state index in [2.05, 4.69) is 58.1 Å². The molecule has 1 fully saturated rings. The van der Waals surface area contributed by atoms with Crippen LogP contribution in [0.5, 0.6) is 0 Å². The topological polar surface area (TPSA) is 37.4 Å². The summed E-state index contributed by atoms with van der Waals surface area (Å²) >= 11 is 3.51. The average molecular weight is 342 g/mol. The molecule has 0 bridgehead atoms. The second-order valence-corrected chi connectivity index (χ2v) is 6.60. The zero-order valence-corrected chi connectivity index (χ0v) is 14.1. The number of anilines is 1. The summed E-state index contributed by atoms with van der Waals surface area (Å²) in [6.45, 7) is 6.94. The number of ether oxygens (including phenoxy) is 1. The molecule has 0 aromatic carbocycles. The molecule has 0 spiro atoms. The number of rotatable bonds is 6. The molecule has 4 nitrogen and oxygen atoms in total. The first-order valence-corrected chi connectivity index (χ1v) is 8.06. The summed E-state index contributed by atoms with van der Waals surface area (Å²) in [4.78, 5) is 6.79. The van der Waals surface area contributed by atoms with Gasteiger partial charge >= 0.3 is 0 Å².